The molecule has 1 aromatic carbocycles. The smallest absolute Gasteiger partial charge is 0.184 e. The summed E-state index contributed by atoms with van der Waals surface area (Å²) in [7, 11) is 0. The van der Waals surface area contributed by atoms with E-state index in [4.69, 9.17) is 11.5 Å². The maximum absolute atomic E-state index is 5.96. The van der Waals surface area contributed by atoms with Gasteiger partial charge in [-0.2, -0.15) is 0 Å². The van der Waals surface area contributed by atoms with E-state index in [9.17, 15) is 0 Å². The molecule has 0 aliphatic heterocycles. The molecular formula is C12H16N6. The lowest BCUT2D eigenvalue weighted by Crippen LogP contribution is -2.05. The van der Waals surface area contributed by atoms with Crippen LogP contribution in [0.4, 0.5) is 11.4 Å². The lowest BCUT2D eigenvalue weighted by Gasteiger charge is -2.07. The minimum atomic E-state index is 0.609. The molecule has 0 saturated heterocycles. The molecule has 4 N–H and O–H groups in total. The van der Waals surface area contributed by atoms with Gasteiger partial charge in [-0.15, -0.1) is 5.10 Å². The Morgan fingerprint density at radius 3 is 2.83 bits per heavy atom. The van der Waals surface area contributed by atoms with E-state index in [-0.39, 0.29) is 0 Å². The van der Waals surface area contributed by atoms with Crippen LogP contribution in [-0.4, -0.2) is 20.2 Å². The molecule has 0 unspecified atom stereocenters. The Hall–Kier alpha value is -2.11. The average Bonchev–Trinajstić information content (AvgIpc) is 3.06. The van der Waals surface area contributed by atoms with Crippen LogP contribution < -0.4 is 11.5 Å². The van der Waals surface area contributed by atoms with E-state index in [1.54, 1.807) is 6.07 Å². The van der Waals surface area contributed by atoms with Crippen molar-refractivity contribution in [2.24, 2.45) is 5.92 Å². The first kappa shape index (κ1) is 11.0. The summed E-state index contributed by atoms with van der Waals surface area (Å²) in [5, 5.41) is 11.8. The fourth-order valence-corrected chi connectivity index (χ4v) is 2.04. The van der Waals surface area contributed by atoms with Gasteiger partial charge in [-0.3, -0.25) is 0 Å². The molecule has 0 spiro atoms. The SMILES string of the molecule is Nc1ccc(-c2nnnn2CCC2CC2)c(N)c1. The topological polar surface area (TPSA) is 95.6 Å². The van der Waals surface area contributed by atoms with Crippen molar-refractivity contribution in [3.63, 3.8) is 0 Å². The molecule has 94 valence electrons. The lowest BCUT2D eigenvalue weighted by molar-refractivity contribution is 0.535. The van der Waals surface area contributed by atoms with Gasteiger partial charge >= 0.3 is 0 Å². The van der Waals surface area contributed by atoms with Gasteiger partial charge in [-0.25, -0.2) is 4.68 Å². The molecule has 1 fully saturated rings. The Labute approximate surface area is 105 Å². The normalized spacial score (nSPS) is 14.9. The maximum Gasteiger partial charge on any atom is 0.184 e. The van der Waals surface area contributed by atoms with Gasteiger partial charge < -0.3 is 11.5 Å². The van der Waals surface area contributed by atoms with Gasteiger partial charge in [-0.05, 0) is 41.0 Å². The monoisotopic (exact) mass is 244 g/mol. The zero-order chi connectivity index (χ0) is 12.5. The summed E-state index contributed by atoms with van der Waals surface area (Å²) in [6, 6.07) is 5.41. The van der Waals surface area contributed by atoms with Gasteiger partial charge in [0.15, 0.2) is 5.82 Å². The Morgan fingerprint density at radius 1 is 1.28 bits per heavy atom. The minimum Gasteiger partial charge on any atom is -0.399 e. The van der Waals surface area contributed by atoms with Crippen LogP contribution in [0.2, 0.25) is 0 Å². The molecule has 18 heavy (non-hydrogen) atoms. The highest BCUT2D eigenvalue weighted by molar-refractivity contribution is 5.74. The number of rotatable bonds is 4. The van der Waals surface area contributed by atoms with Gasteiger partial charge in [0, 0.05) is 23.5 Å². The summed E-state index contributed by atoms with van der Waals surface area (Å²) >= 11 is 0. The maximum atomic E-state index is 5.96. The van der Waals surface area contributed by atoms with Crippen LogP contribution >= 0.6 is 0 Å². The Kier molecular flexibility index (Phi) is 2.62. The van der Waals surface area contributed by atoms with E-state index >= 15 is 0 Å². The zero-order valence-electron chi connectivity index (χ0n) is 10.1. The van der Waals surface area contributed by atoms with Crippen LogP contribution in [0.15, 0.2) is 18.2 Å². The van der Waals surface area contributed by atoms with E-state index in [2.05, 4.69) is 15.5 Å². The molecule has 1 aromatic heterocycles. The molecule has 3 rings (SSSR count). The Bertz CT molecular complexity index is 557. The lowest BCUT2D eigenvalue weighted by atomic mass is 10.1. The van der Waals surface area contributed by atoms with Crippen LogP contribution in [0.3, 0.4) is 0 Å². The zero-order valence-corrected chi connectivity index (χ0v) is 10.1. The molecule has 1 heterocycles. The largest absolute Gasteiger partial charge is 0.399 e. The van der Waals surface area contributed by atoms with Crippen molar-refractivity contribution < 1.29 is 0 Å². The summed E-state index contributed by atoms with van der Waals surface area (Å²) in [6.45, 7) is 0.844. The number of hydrogen-bond acceptors (Lipinski definition) is 5. The first-order valence-corrected chi connectivity index (χ1v) is 6.15. The van der Waals surface area contributed by atoms with Gasteiger partial charge in [0.2, 0.25) is 0 Å². The number of nitrogens with two attached hydrogens (primary N) is 2. The highest BCUT2D eigenvalue weighted by Crippen LogP contribution is 2.33. The fourth-order valence-electron chi connectivity index (χ4n) is 2.04. The van der Waals surface area contributed by atoms with Crippen LogP contribution in [0.5, 0.6) is 0 Å². The van der Waals surface area contributed by atoms with E-state index in [0.717, 1.165) is 24.4 Å². The number of tetrazole rings is 1. The number of nitrogens with zero attached hydrogens (tertiary/aromatic N) is 4. The fraction of sp³-hybridized carbons (Fsp3) is 0.417. The number of aryl methyl sites for hydroxylation is 1. The molecule has 6 nitrogen and oxygen atoms in total. The van der Waals surface area contributed by atoms with Crippen molar-refractivity contribution >= 4 is 11.4 Å². The second kappa shape index (κ2) is 4.29. The molecule has 0 amide bonds. The molecule has 2 aromatic rings. The summed E-state index contributed by atoms with van der Waals surface area (Å²) in [4.78, 5) is 0. The molecule has 1 saturated carbocycles. The second-order valence-corrected chi connectivity index (χ2v) is 4.80. The molecule has 0 bridgehead atoms. The molecule has 6 heteroatoms. The number of hydrogen-bond donors (Lipinski definition) is 2. The van der Waals surface area contributed by atoms with Crippen molar-refractivity contribution in [1.82, 2.24) is 20.2 Å². The van der Waals surface area contributed by atoms with E-state index in [1.165, 1.54) is 12.8 Å². The summed E-state index contributed by atoms with van der Waals surface area (Å²) < 4.78 is 1.82. The number of aromatic nitrogens is 4. The van der Waals surface area contributed by atoms with Crippen molar-refractivity contribution in [1.29, 1.82) is 0 Å². The highest BCUT2D eigenvalue weighted by atomic mass is 15.5. The summed E-state index contributed by atoms with van der Waals surface area (Å²) in [6.07, 6.45) is 3.80. The van der Waals surface area contributed by atoms with E-state index in [1.807, 2.05) is 16.8 Å². The first-order valence-electron chi connectivity index (χ1n) is 6.15. The average molecular weight is 244 g/mol. The first-order chi connectivity index (χ1) is 8.74. The second-order valence-electron chi connectivity index (χ2n) is 4.80. The predicted molar refractivity (Wildman–Crippen MR) is 69.4 cm³/mol. The van der Waals surface area contributed by atoms with E-state index < -0.39 is 0 Å². The van der Waals surface area contributed by atoms with Crippen LogP contribution in [-0.2, 0) is 6.54 Å². The van der Waals surface area contributed by atoms with Crippen LogP contribution in [0.1, 0.15) is 19.3 Å². The quantitative estimate of drug-likeness (QED) is 0.790. The molecule has 0 atom stereocenters. The molecule has 0 radical (unpaired) electrons. The number of nitrogen functional groups attached to an aromatic ring is 2. The minimum absolute atomic E-state index is 0.609. The number of benzene rings is 1. The van der Waals surface area contributed by atoms with E-state index in [0.29, 0.717) is 17.2 Å². The third-order valence-electron chi connectivity index (χ3n) is 3.29. The van der Waals surface area contributed by atoms with Crippen molar-refractivity contribution in [2.75, 3.05) is 11.5 Å². The highest BCUT2D eigenvalue weighted by Gasteiger charge is 2.22. The third-order valence-corrected chi connectivity index (χ3v) is 3.29. The predicted octanol–water partition coefficient (Wildman–Crippen LogP) is 1.30. The summed E-state index contributed by atoms with van der Waals surface area (Å²) in [5.74, 6) is 1.57. The van der Waals surface area contributed by atoms with Gasteiger partial charge in [0.25, 0.3) is 0 Å². The van der Waals surface area contributed by atoms with Crippen LogP contribution in [0, 0.1) is 5.92 Å². The van der Waals surface area contributed by atoms with Gasteiger partial charge in [0.05, 0.1) is 0 Å². The summed E-state index contributed by atoms with van der Waals surface area (Å²) in [5.41, 5.74) is 13.7. The van der Waals surface area contributed by atoms with Gasteiger partial charge in [-0.1, -0.05) is 12.8 Å². The number of anilines is 2. The van der Waals surface area contributed by atoms with Crippen molar-refractivity contribution in [2.45, 2.75) is 25.8 Å². The van der Waals surface area contributed by atoms with Crippen molar-refractivity contribution in [3.8, 4) is 11.4 Å². The molecular weight excluding hydrogens is 228 g/mol. The van der Waals surface area contributed by atoms with Crippen molar-refractivity contribution in [3.05, 3.63) is 18.2 Å². The third kappa shape index (κ3) is 2.13. The molecule has 1 aliphatic rings. The van der Waals surface area contributed by atoms with Gasteiger partial charge in [0.1, 0.15) is 0 Å². The van der Waals surface area contributed by atoms with Crippen LogP contribution in [0.25, 0.3) is 11.4 Å². The Morgan fingerprint density at radius 2 is 2.11 bits per heavy atom. The standard InChI is InChI=1S/C12H16N6/c13-9-3-4-10(11(14)7-9)12-15-16-17-18(12)6-5-8-1-2-8/h3-4,7-8H,1-2,5-6,13-14H2. The Balaban J connectivity index is 1.88. The molecule has 1 aliphatic carbocycles.